The molecule has 1 aliphatic rings. The molecule has 1 amide bonds. The van der Waals surface area contributed by atoms with Crippen LogP contribution < -0.4 is 5.32 Å². The number of nitrogens with zero attached hydrogens (tertiary/aromatic N) is 1. The van der Waals surface area contributed by atoms with Crippen molar-refractivity contribution in [2.75, 3.05) is 13.1 Å². The topological polar surface area (TPSA) is 36.9 Å². The van der Waals surface area contributed by atoms with Gasteiger partial charge in [-0.1, -0.05) is 29.3 Å². The van der Waals surface area contributed by atoms with Crippen LogP contribution in [0.1, 0.15) is 31.7 Å². The molecule has 0 bridgehead atoms. The van der Waals surface area contributed by atoms with Crippen LogP contribution in [-0.4, -0.2) is 35.2 Å². The van der Waals surface area contributed by atoms with Crippen molar-refractivity contribution >= 4 is 40.9 Å². The second-order valence-corrected chi connectivity index (χ2v) is 7.84. The fourth-order valence-corrected chi connectivity index (χ4v) is 3.98. The molecule has 3 nitrogen and oxygen atoms in total. The van der Waals surface area contributed by atoms with Gasteiger partial charge < -0.3 is 10.2 Å². The van der Waals surface area contributed by atoms with E-state index in [1.807, 2.05) is 24.0 Å². The molecular formula is C15H21Cl2N2OS+. The highest BCUT2D eigenvalue weighted by Crippen LogP contribution is 2.43. The van der Waals surface area contributed by atoms with E-state index in [1.54, 1.807) is 17.8 Å². The summed E-state index contributed by atoms with van der Waals surface area (Å²) in [7, 11) is 0. The predicted molar refractivity (Wildman–Crippen MR) is 89.9 cm³/mol. The molecule has 116 valence electrons. The van der Waals surface area contributed by atoms with Crippen LogP contribution >= 0.6 is 35.0 Å². The van der Waals surface area contributed by atoms with E-state index in [9.17, 15) is 4.79 Å². The molecule has 1 aliphatic heterocycles. The van der Waals surface area contributed by atoms with Crippen LogP contribution in [0.15, 0.2) is 18.2 Å². The molecule has 1 aromatic carbocycles. The lowest BCUT2D eigenvalue weighted by atomic mass is 10.2. The van der Waals surface area contributed by atoms with Crippen LogP contribution in [0.25, 0.3) is 0 Å². The summed E-state index contributed by atoms with van der Waals surface area (Å²) in [4.78, 5) is 14.3. The first-order valence-electron chi connectivity index (χ1n) is 7.14. The van der Waals surface area contributed by atoms with E-state index in [0.717, 1.165) is 18.7 Å². The Bertz CT molecular complexity index is 524. The normalized spacial score (nSPS) is 22.4. The van der Waals surface area contributed by atoms with Crippen LogP contribution in [0.3, 0.4) is 0 Å². The van der Waals surface area contributed by atoms with Crippen molar-refractivity contribution < 1.29 is 10.1 Å². The highest BCUT2D eigenvalue weighted by atomic mass is 35.5. The van der Waals surface area contributed by atoms with Gasteiger partial charge in [0.1, 0.15) is 5.37 Å². The van der Waals surface area contributed by atoms with E-state index in [0.29, 0.717) is 16.1 Å². The summed E-state index contributed by atoms with van der Waals surface area (Å²) >= 11 is 13.8. The predicted octanol–water partition coefficient (Wildman–Crippen LogP) is 2.93. The Morgan fingerprint density at radius 1 is 1.33 bits per heavy atom. The van der Waals surface area contributed by atoms with Gasteiger partial charge in [0, 0.05) is 0 Å². The highest BCUT2D eigenvalue weighted by Gasteiger charge is 2.38. The van der Waals surface area contributed by atoms with Crippen molar-refractivity contribution in [2.24, 2.45) is 0 Å². The maximum Gasteiger partial charge on any atom is 0.236 e. The van der Waals surface area contributed by atoms with Gasteiger partial charge >= 0.3 is 0 Å². The zero-order valence-corrected chi connectivity index (χ0v) is 14.8. The average molecular weight is 348 g/mol. The van der Waals surface area contributed by atoms with Crippen LogP contribution in [0, 0.1) is 0 Å². The van der Waals surface area contributed by atoms with Crippen LogP contribution in [0.2, 0.25) is 10.0 Å². The molecule has 0 unspecified atom stereocenters. The van der Waals surface area contributed by atoms with Crippen molar-refractivity contribution in [3.8, 4) is 0 Å². The summed E-state index contributed by atoms with van der Waals surface area (Å²) in [5.74, 6) is 0.202. The molecule has 1 aromatic rings. The van der Waals surface area contributed by atoms with Gasteiger partial charge in [-0.05, 0) is 38.5 Å². The fraction of sp³-hybridized carbons (Fsp3) is 0.533. The summed E-state index contributed by atoms with van der Waals surface area (Å²) in [5.41, 5.74) is 1.04. The molecule has 2 rings (SSSR count). The smallest absolute Gasteiger partial charge is 0.236 e. The lowest BCUT2D eigenvalue weighted by molar-refractivity contribution is -0.682. The Hall–Kier alpha value is -0.420. The number of benzene rings is 1. The van der Waals surface area contributed by atoms with Crippen molar-refractivity contribution in [1.29, 1.82) is 0 Å². The monoisotopic (exact) mass is 347 g/mol. The van der Waals surface area contributed by atoms with Gasteiger partial charge in [-0.2, -0.15) is 0 Å². The number of nitrogens with two attached hydrogens (primary N) is 1. The quantitative estimate of drug-likeness (QED) is 0.888. The third-order valence-electron chi connectivity index (χ3n) is 3.48. The van der Waals surface area contributed by atoms with E-state index < -0.39 is 0 Å². The van der Waals surface area contributed by atoms with Gasteiger partial charge in [-0.3, -0.25) is 4.79 Å². The SMILES string of the molecule is CC(C)[NH2+]CCN1C(=O)[C@@H](C)S[C@@H]1c1ccc(Cl)c(Cl)c1. The number of thioether (sulfide) groups is 1. The minimum Gasteiger partial charge on any atom is -0.343 e. The fourth-order valence-electron chi connectivity index (χ4n) is 2.37. The van der Waals surface area contributed by atoms with E-state index >= 15 is 0 Å². The van der Waals surface area contributed by atoms with Gasteiger partial charge in [0.25, 0.3) is 0 Å². The number of carbonyl (C=O) groups excluding carboxylic acids is 1. The summed E-state index contributed by atoms with van der Waals surface area (Å²) in [6, 6.07) is 6.16. The maximum atomic E-state index is 12.3. The molecule has 0 spiro atoms. The van der Waals surface area contributed by atoms with Gasteiger partial charge in [-0.25, -0.2) is 0 Å². The minimum absolute atomic E-state index is 0.0106. The summed E-state index contributed by atoms with van der Waals surface area (Å²) < 4.78 is 0. The number of amides is 1. The minimum atomic E-state index is -0.0106. The number of hydrogen-bond acceptors (Lipinski definition) is 2. The van der Waals surface area contributed by atoms with Gasteiger partial charge in [0.15, 0.2) is 0 Å². The number of rotatable bonds is 5. The second-order valence-electron chi connectivity index (χ2n) is 5.60. The van der Waals surface area contributed by atoms with Crippen LogP contribution in [0.5, 0.6) is 0 Å². The van der Waals surface area contributed by atoms with Crippen LogP contribution in [0.4, 0.5) is 0 Å². The Kier molecular flexibility index (Phi) is 5.83. The molecule has 2 N–H and O–H groups in total. The van der Waals surface area contributed by atoms with Crippen molar-refractivity contribution in [3.63, 3.8) is 0 Å². The average Bonchev–Trinajstić information content (AvgIpc) is 2.70. The molecule has 6 heteroatoms. The summed E-state index contributed by atoms with van der Waals surface area (Å²) in [6.07, 6.45) is 0. The molecule has 0 aliphatic carbocycles. The third-order valence-corrected chi connectivity index (χ3v) is 5.62. The third kappa shape index (κ3) is 4.07. The lowest BCUT2D eigenvalue weighted by Gasteiger charge is -2.24. The first-order chi connectivity index (χ1) is 9.90. The molecular weight excluding hydrogens is 327 g/mol. The molecule has 21 heavy (non-hydrogen) atoms. The number of halogens is 2. The Morgan fingerprint density at radius 3 is 2.67 bits per heavy atom. The zero-order valence-electron chi connectivity index (χ0n) is 12.5. The molecule has 1 saturated heterocycles. The molecule has 1 heterocycles. The molecule has 2 atom stereocenters. The number of carbonyl (C=O) groups is 1. The lowest BCUT2D eigenvalue weighted by Crippen LogP contribution is -2.89. The number of hydrogen-bond donors (Lipinski definition) is 1. The highest BCUT2D eigenvalue weighted by molar-refractivity contribution is 8.01. The maximum absolute atomic E-state index is 12.3. The van der Waals surface area contributed by atoms with E-state index in [4.69, 9.17) is 23.2 Å². The first-order valence-corrected chi connectivity index (χ1v) is 8.84. The van der Waals surface area contributed by atoms with Crippen molar-refractivity contribution in [3.05, 3.63) is 33.8 Å². The molecule has 1 fully saturated rings. The molecule has 0 radical (unpaired) electrons. The Balaban J connectivity index is 2.15. The zero-order chi connectivity index (χ0) is 15.6. The van der Waals surface area contributed by atoms with Gasteiger partial charge in [0.05, 0.1) is 34.4 Å². The van der Waals surface area contributed by atoms with E-state index in [1.165, 1.54) is 0 Å². The number of quaternary nitrogens is 1. The summed E-state index contributed by atoms with van der Waals surface area (Å²) in [5, 5.41) is 3.34. The summed E-state index contributed by atoms with van der Waals surface area (Å²) in [6.45, 7) is 7.93. The standard InChI is InChI=1S/C15H20Cl2N2OS/c1-9(2)18-6-7-19-14(20)10(3)21-15(19)11-4-5-12(16)13(17)8-11/h4-5,8-10,15,18H,6-7H2,1-3H3/p+1/t10-,15-/m1/s1. The van der Waals surface area contributed by atoms with E-state index in [-0.39, 0.29) is 16.5 Å². The Labute approximate surface area is 140 Å². The van der Waals surface area contributed by atoms with Gasteiger partial charge in [0.2, 0.25) is 5.91 Å². The van der Waals surface area contributed by atoms with Gasteiger partial charge in [-0.15, -0.1) is 11.8 Å². The second kappa shape index (κ2) is 7.23. The van der Waals surface area contributed by atoms with Crippen LogP contribution in [-0.2, 0) is 4.79 Å². The first kappa shape index (κ1) is 16.9. The molecule has 0 aromatic heterocycles. The van der Waals surface area contributed by atoms with E-state index in [2.05, 4.69) is 19.2 Å². The molecule has 0 saturated carbocycles. The Morgan fingerprint density at radius 2 is 2.05 bits per heavy atom. The van der Waals surface area contributed by atoms with Crippen molar-refractivity contribution in [2.45, 2.75) is 37.4 Å². The van der Waals surface area contributed by atoms with Crippen molar-refractivity contribution in [1.82, 2.24) is 4.90 Å². The largest absolute Gasteiger partial charge is 0.343 e.